The number of carboxylic acid groups (broad SMARTS) is 2. The fourth-order valence-electron chi connectivity index (χ4n) is 4.27. The highest BCUT2D eigenvalue weighted by atomic mass is 16.4. The summed E-state index contributed by atoms with van der Waals surface area (Å²) >= 11 is 0. The number of aryl methyl sites for hydroxylation is 3. The average molecular weight is 411 g/mol. The molecule has 6 heteroatoms. The van der Waals surface area contributed by atoms with Gasteiger partial charge in [-0.15, -0.1) is 0 Å². The van der Waals surface area contributed by atoms with Crippen LogP contribution in [0.25, 0.3) is 11.3 Å². The zero-order valence-electron chi connectivity index (χ0n) is 17.6. The van der Waals surface area contributed by atoms with Gasteiger partial charge in [0, 0.05) is 42.5 Å². The molecule has 0 bridgehead atoms. The molecule has 6 nitrogen and oxygen atoms in total. The number of carbonyl (C=O) groups is 2. The fourth-order valence-corrected chi connectivity index (χ4v) is 4.27. The first-order valence-corrected chi connectivity index (χ1v) is 10.6. The SMILES string of the molecule is CCCCc1ccc2c(c1)CCc1cc3n(c1-2)CCNC3C.O=C(O)/C=C/C(=O)O. The van der Waals surface area contributed by atoms with E-state index in [1.165, 1.54) is 54.6 Å². The van der Waals surface area contributed by atoms with Gasteiger partial charge in [-0.2, -0.15) is 0 Å². The van der Waals surface area contributed by atoms with Crippen LogP contribution in [0.5, 0.6) is 0 Å². The maximum atomic E-state index is 9.55. The van der Waals surface area contributed by atoms with E-state index in [-0.39, 0.29) is 0 Å². The highest BCUT2D eigenvalue weighted by molar-refractivity contribution is 5.89. The molecule has 30 heavy (non-hydrogen) atoms. The van der Waals surface area contributed by atoms with Gasteiger partial charge in [-0.3, -0.25) is 0 Å². The van der Waals surface area contributed by atoms with Crippen LogP contribution >= 0.6 is 0 Å². The largest absolute Gasteiger partial charge is 0.478 e. The van der Waals surface area contributed by atoms with Crippen molar-refractivity contribution in [3.8, 4) is 11.3 Å². The van der Waals surface area contributed by atoms with Crippen LogP contribution in [0.1, 0.15) is 55.1 Å². The minimum Gasteiger partial charge on any atom is -0.478 e. The molecular formula is C24H30N2O4. The lowest BCUT2D eigenvalue weighted by Crippen LogP contribution is -2.31. The number of aliphatic carboxylic acids is 2. The molecule has 0 saturated carbocycles. The standard InChI is InChI=1S/C20H26N2.C4H4O4/c1-3-4-5-15-6-9-18-16(12-15)7-8-17-13-19-14(2)21-10-11-22(19)20(17)18;5-3(6)1-2-4(7)8/h6,9,12-14,21H,3-5,7-8,10-11H2,1-2H3;1-2H,(H,5,6)(H,7,8)/b;2-1+. The number of rotatable bonds is 5. The van der Waals surface area contributed by atoms with Crippen LogP contribution in [0.3, 0.4) is 0 Å². The van der Waals surface area contributed by atoms with E-state index in [4.69, 9.17) is 10.2 Å². The maximum absolute atomic E-state index is 9.55. The zero-order valence-corrected chi connectivity index (χ0v) is 17.6. The first kappa shape index (κ1) is 21.8. The molecule has 2 aliphatic rings. The Balaban J connectivity index is 0.000000275. The van der Waals surface area contributed by atoms with E-state index in [1.807, 2.05) is 0 Å². The van der Waals surface area contributed by atoms with Crippen LogP contribution in [-0.4, -0.2) is 33.3 Å². The summed E-state index contributed by atoms with van der Waals surface area (Å²) in [7, 11) is 0. The molecular weight excluding hydrogens is 380 g/mol. The molecule has 2 heterocycles. The lowest BCUT2D eigenvalue weighted by molar-refractivity contribution is -0.134. The van der Waals surface area contributed by atoms with Crippen molar-refractivity contribution in [2.75, 3.05) is 6.54 Å². The Hall–Kier alpha value is -2.86. The Morgan fingerprint density at radius 3 is 2.50 bits per heavy atom. The second-order valence-electron chi connectivity index (χ2n) is 7.88. The van der Waals surface area contributed by atoms with Crippen molar-refractivity contribution in [3.05, 3.63) is 58.8 Å². The normalized spacial score (nSPS) is 16.8. The average Bonchev–Trinajstić information content (AvgIpc) is 3.11. The molecule has 0 radical (unpaired) electrons. The van der Waals surface area contributed by atoms with Crippen molar-refractivity contribution in [1.82, 2.24) is 9.88 Å². The number of nitrogens with zero attached hydrogens (tertiary/aromatic N) is 1. The van der Waals surface area contributed by atoms with Gasteiger partial charge >= 0.3 is 11.9 Å². The van der Waals surface area contributed by atoms with Gasteiger partial charge in [0.25, 0.3) is 0 Å². The third-order valence-electron chi connectivity index (χ3n) is 5.71. The number of carboxylic acids is 2. The molecule has 1 aliphatic carbocycles. The summed E-state index contributed by atoms with van der Waals surface area (Å²) in [5, 5.41) is 19.2. The van der Waals surface area contributed by atoms with Crippen molar-refractivity contribution >= 4 is 11.9 Å². The zero-order chi connectivity index (χ0) is 21.7. The number of fused-ring (bicyclic) bond motifs is 5. The van der Waals surface area contributed by atoms with E-state index in [0.29, 0.717) is 18.2 Å². The van der Waals surface area contributed by atoms with Crippen molar-refractivity contribution in [1.29, 1.82) is 0 Å². The minimum atomic E-state index is -1.26. The molecule has 0 fully saturated rings. The van der Waals surface area contributed by atoms with E-state index in [1.54, 1.807) is 11.1 Å². The van der Waals surface area contributed by atoms with Crippen molar-refractivity contribution in [2.45, 2.75) is 58.5 Å². The predicted octanol–water partition coefficient (Wildman–Crippen LogP) is 3.97. The number of nitrogens with one attached hydrogen (secondary N) is 1. The lowest BCUT2D eigenvalue weighted by atomic mass is 9.88. The number of hydrogen-bond acceptors (Lipinski definition) is 3. The second-order valence-corrected chi connectivity index (χ2v) is 7.88. The quantitative estimate of drug-likeness (QED) is 0.649. The topological polar surface area (TPSA) is 91.6 Å². The van der Waals surface area contributed by atoms with E-state index in [2.05, 4.69) is 48.0 Å². The fraction of sp³-hybridized carbons (Fsp3) is 0.417. The molecule has 0 saturated heterocycles. The van der Waals surface area contributed by atoms with E-state index < -0.39 is 11.9 Å². The summed E-state index contributed by atoms with van der Waals surface area (Å²) in [4.78, 5) is 19.1. The summed E-state index contributed by atoms with van der Waals surface area (Å²) < 4.78 is 2.57. The summed E-state index contributed by atoms with van der Waals surface area (Å²) in [6, 6.07) is 10.1. The van der Waals surface area contributed by atoms with E-state index in [0.717, 1.165) is 13.1 Å². The molecule has 1 aliphatic heterocycles. The highest BCUT2D eigenvalue weighted by Gasteiger charge is 2.26. The second kappa shape index (κ2) is 9.76. The van der Waals surface area contributed by atoms with Crippen LogP contribution in [0.2, 0.25) is 0 Å². The monoisotopic (exact) mass is 410 g/mol. The van der Waals surface area contributed by atoms with Gasteiger partial charge in [0.1, 0.15) is 0 Å². The minimum absolute atomic E-state index is 0.478. The molecule has 0 spiro atoms. The van der Waals surface area contributed by atoms with Gasteiger partial charge in [-0.1, -0.05) is 31.5 Å². The van der Waals surface area contributed by atoms with Gasteiger partial charge < -0.3 is 20.1 Å². The smallest absolute Gasteiger partial charge is 0.328 e. The molecule has 0 amide bonds. The molecule has 2 aromatic rings. The molecule has 1 unspecified atom stereocenters. The summed E-state index contributed by atoms with van der Waals surface area (Å²) in [5.74, 6) is -2.51. The summed E-state index contributed by atoms with van der Waals surface area (Å²) in [6.07, 6.45) is 7.32. The predicted molar refractivity (Wildman–Crippen MR) is 117 cm³/mol. The van der Waals surface area contributed by atoms with E-state index in [9.17, 15) is 9.59 Å². The molecule has 4 rings (SSSR count). The van der Waals surface area contributed by atoms with Crippen molar-refractivity contribution in [3.63, 3.8) is 0 Å². The Morgan fingerprint density at radius 2 is 1.83 bits per heavy atom. The van der Waals surface area contributed by atoms with Gasteiger partial charge in [0.05, 0.1) is 5.69 Å². The Labute approximate surface area is 177 Å². The molecule has 160 valence electrons. The van der Waals surface area contributed by atoms with Crippen molar-refractivity contribution < 1.29 is 19.8 Å². The lowest BCUT2D eigenvalue weighted by Gasteiger charge is -2.26. The molecule has 1 aromatic carbocycles. The van der Waals surface area contributed by atoms with Crippen LogP contribution in [0, 0.1) is 0 Å². The number of hydrogen-bond donors (Lipinski definition) is 3. The molecule has 3 N–H and O–H groups in total. The first-order valence-electron chi connectivity index (χ1n) is 10.6. The van der Waals surface area contributed by atoms with E-state index >= 15 is 0 Å². The van der Waals surface area contributed by atoms with Gasteiger partial charge in [0.2, 0.25) is 0 Å². The third kappa shape index (κ3) is 5.00. The Bertz CT molecular complexity index is 942. The first-order chi connectivity index (χ1) is 14.4. The number of benzene rings is 1. The van der Waals surface area contributed by atoms with Gasteiger partial charge in [-0.05, 0) is 55.4 Å². The Kier molecular flexibility index (Phi) is 7.11. The number of unbranched alkanes of at least 4 members (excludes halogenated alkanes) is 1. The number of aromatic nitrogens is 1. The Morgan fingerprint density at radius 1 is 1.13 bits per heavy atom. The third-order valence-corrected chi connectivity index (χ3v) is 5.71. The highest BCUT2D eigenvalue weighted by Crippen LogP contribution is 2.38. The summed E-state index contributed by atoms with van der Waals surface area (Å²) in [6.45, 7) is 6.74. The molecule has 1 aromatic heterocycles. The molecule has 1 atom stereocenters. The summed E-state index contributed by atoms with van der Waals surface area (Å²) in [5.41, 5.74) is 9.10. The van der Waals surface area contributed by atoms with Crippen LogP contribution in [-0.2, 0) is 35.4 Å². The van der Waals surface area contributed by atoms with Crippen LogP contribution < -0.4 is 5.32 Å². The van der Waals surface area contributed by atoms with Gasteiger partial charge in [0.15, 0.2) is 0 Å². The van der Waals surface area contributed by atoms with Crippen LogP contribution in [0.15, 0.2) is 36.4 Å². The maximum Gasteiger partial charge on any atom is 0.328 e. The van der Waals surface area contributed by atoms with Crippen LogP contribution in [0.4, 0.5) is 0 Å². The van der Waals surface area contributed by atoms with Gasteiger partial charge in [-0.25, -0.2) is 9.59 Å². The van der Waals surface area contributed by atoms with Crippen molar-refractivity contribution in [2.24, 2.45) is 0 Å².